The lowest BCUT2D eigenvalue weighted by atomic mass is 10.2. The maximum absolute atomic E-state index is 12.3. The highest BCUT2D eigenvalue weighted by Crippen LogP contribution is 2.37. The predicted molar refractivity (Wildman–Crippen MR) is 68.6 cm³/mol. The third-order valence-corrected chi connectivity index (χ3v) is 5.79. The summed E-state index contributed by atoms with van der Waals surface area (Å²) in [6.07, 6.45) is 1.87. The molecule has 1 aliphatic rings. The molecular formula is C11H15NO5S. The van der Waals surface area contributed by atoms with Gasteiger partial charge >= 0.3 is 5.97 Å². The number of nitrogens with zero attached hydrogens (tertiary/aromatic N) is 1. The lowest BCUT2D eigenvalue weighted by Gasteiger charge is -2.44. The van der Waals surface area contributed by atoms with Crippen LogP contribution in [0, 0.1) is 0 Å². The number of benzene rings is 1. The average Bonchev–Trinajstić information content (AvgIpc) is 2.52. The van der Waals surface area contributed by atoms with Crippen molar-refractivity contribution in [1.29, 1.82) is 0 Å². The van der Waals surface area contributed by atoms with Crippen LogP contribution in [-0.4, -0.2) is 43.5 Å². The maximum Gasteiger partial charge on any atom is 0.339 e. The van der Waals surface area contributed by atoms with Crippen LogP contribution in [0.3, 0.4) is 0 Å². The van der Waals surface area contributed by atoms with Gasteiger partial charge in [0.2, 0.25) is 0 Å². The number of anilines is 1. The molecule has 0 atom stereocenters. The molecule has 1 fully saturated rings. The molecule has 0 bridgehead atoms. The first-order chi connectivity index (χ1) is 8.19. The van der Waals surface area contributed by atoms with E-state index in [-0.39, 0.29) is 11.3 Å². The molecule has 0 unspecified atom stereocenters. The monoisotopic (exact) mass is 273 g/mol. The van der Waals surface area contributed by atoms with Crippen molar-refractivity contribution < 1.29 is 23.8 Å². The van der Waals surface area contributed by atoms with Gasteiger partial charge in [-0.15, -0.1) is 9.53 Å². The van der Waals surface area contributed by atoms with Crippen LogP contribution in [0.25, 0.3) is 0 Å². The molecular weight excluding hydrogens is 258 g/mol. The highest BCUT2D eigenvalue weighted by Gasteiger charge is 2.35. The third kappa shape index (κ3) is 2.06. The Balaban J connectivity index is 2.45. The van der Waals surface area contributed by atoms with Crippen LogP contribution >= 0.6 is 0 Å². The SMILES string of the molecule is CS1(=O)(O)CCCN1c1ccc(C(=O)O)c(O)c1. The van der Waals surface area contributed by atoms with Crippen molar-refractivity contribution in [2.45, 2.75) is 6.42 Å². The van der Waals surface area contributed by atoms with Crippen LogP contribution in [0.15, 0.2) is 18.2 Å². The zero-order valence-electron chi connectivity index (χ0n) is 9.87. The molecule has 1 aliphatic heterocycles. The third-order valence-electron chi connectivity index (χ3n) is 3.04. The number of phenols is 1. The van der Waals surface area contributed by atoms with E-state index in [4.69, 9.17) is 5.11 Å². The fraction of sp³-hybridized carbons (Fsp3) is 0.364. The molecule has 3 N–H and O–H groups in total. The molecule has 1 aromatic rings. The van der Waals surface area contributed by atoms with E-state index in [9.17, 15) is 18.7 Å². The molecule has 1 heterocycles. The second-order valence-electron chi connectivity index (χ2n) is 4.59. The first-order valence-corrected chi connectivity index (χ1v) is 7.87. The highest BCUT2D eigenvalue weighted by atomic mass is 32.3. The molecule has 0 aromatic heterocycles. The lowest BCUT2D eigenvalue weighted by Crippen LogP contribution is -2.46. The molecule has 6 nitrogen and oxygen atoms in total. The van der Waals surface area contributed by atoms with Crippen molar-refractivity contribution in [1.82, 2.24) is 0 Å². The summed E-state index contributed by atoms with van der Waals surface area (Å²) in [7, 11) is -3.87. The minimum atomic E-state index is -3.87. The second kappa shape index (κ2) is 3.69. The Morgan fingerprint density at radius 1 is 1.44 bits per heavy atom. The van der Waals surface area contributed by atoms with Gasteiger partial charge in [0.1, 0.15) is 11.3 Å². The number of hydrogen-bond donors (Lipinski definition) is 3. The molecule has 0 amide bonds. The topological polar surface area (TPSA) is 98.1 Å². The number of carboxylic acid groups (broad SMARTS) is 1. The molecule has 1 aromatic carbocycles. The van der Waals surface area contributed by atoms with Gasteiger partial charge in [-0.05, 0) is 18.6 Å². The minimum Gasteiger partial charge on any atom is -0.507 e. The Kier molecular flexibility index (Phi) is 2.64. The summed E-state index contributed by atoms with van der Waals surface area (Å²) in [6.45, 7) is 0.407. The first kappa shape index (κ1) is 12.8. The summed E-state index contributed by atoms with van der Waals surface area (Å²) in [5.74, 6) is -1.47. The zero-order chi connectivity index (χ0) is 13.6. The Bertz CT molecular complexity index is 577. The highest BCUT2D eigenvalue weighted by molar-refractivity contribution is 8.15. The van der Waals surface area contributed by atoms with E-state index in [0.29, 0.717) is 18.7 Å². The van der Waals surface area contributed by atoms with Crippen molar-refractivity contribution in [3.8, 4) is 5.75 Å². The molecule has 7 heteroatoms. The number of carboxylic acids is 1. The molecule has 18 heavy (non-hydrogen) atoms. The number of hydrogen-bond acceptors (Lipinski definition) is 3. The summed E-state index contributed by atoms with van der Waals surface area (Å²) in [5.41, 5.74) is 0.132. The first-order valence-electron chi connectivity index (χ1n) is 5.41. The van der Waals surface area contributed by atoms with E-state index in [2.05, 4.69) is 0 Å². The van der Waals surface area contributed by atoms with E-state index in [1.54, 1.807) is 0 Å². The minimum absolute atomic E-state index is 0.179. The molecule has 0 saturated carbocycles. The van der Waals surface area contributed by atoms with Crippen molar-refractivity contribution in [2.24, 2.45) is 0 Å². The predicted octanol–water partition coefficient (Wildman–Crippen LogP) is 1.14. The van der Waals surface area contributed by atoms with Gasteiger partial charge < -0.3 is 10.2 Å². The second-order valence-corrected chi connectivity index (χ2v) is 8.30. The van der Waals surface area contributed by atoms with Crippen LogP contribution in [0.5, 0.6) is 5.75 Å². The van der Waals surface area contributed by atoms with Gasteiger partial charge in [0.15, 0.2) is 0 Å². The maximum atomic E-state index is 12.3. The Labute approximate surface area is 104 Å². The summed E-state index contributed by atoms with van der Waals surface area (Å²) in [4.78, 5) is 10.8. The Morgan fingerprint density at radius 2 is 2.11 bits per heavy atom. The fourth-order valence-corrected chi connectivity index (χ4v) is 4.40. The summed E-state index contributed by atoms with van der Waals surface area (Å²) < 4.78 is 23.8. The smallest absolute Gasteiger partial charge is 0.339 e. The van der Waals surface area contributed by atoms with E-state index >= 15 is 0 Å². The van der Waals surface area contributed by atoms with Gasteiger partial charge in [0.25, 0.3) is 0 Å². The van der Waals surface area contributed by atoms with E-state index in [1.165, 1.54) is 28.8 Å². The number of aromatic carboxylic acids is 1. The van der Waals surface area contributed by atoms with Crippen LogP contribution in [-0.2, 0) is 9.53 Å². The lowest BCUT2D eigenvalue weighted by molar-refractivity contribution is 0.0694. The molecule has 100 valence electrons. The largest absolute Gasteiger partial charge is 0.507 e. The summed E-state index contributed by atoms with van der Waals surface area (Å²) >= 11 is 0. The van der Waals surface area contributed by atoms with Crippen molar-refractivity contribution in [3.05, 3.63) is 23.8 Å². The Morgan fingerprint density at radius 3 is 2.56 bits per heavy atom. The molecule has 1 saturated heterocycles. The number of carbonyl (C=O) groups is 1. The summed E-state index contributed by atoms with van der Waals surface area (Å²) in [5, 5.41) is 18.4. The normalized spacial score (nSPS) is 23.2. The van der Waals surface area contributed by atoms with Crippen molar-refractivity contribution in [3.63, 3.8) is 0 Å². The van der Waals surface area contributed by atoms with Gasteiger partial charge in [-0.1, -0.05) is 0 Å². The number of aromatic hydroxyl groups is 1. The zero-order valence-corrected chi connectivity index (χ0v) is 10.7. The van der Waals surface area contributed by atoms with Crippen LogP contribution < -0.4 is 4.31 Å². The van der Waals surface area contributed by atoms with Gasteiger partial charge in [0.05, 0.1) is 11.4 Å². The standard InChI is InChI=1S/C11H15NO5S/c1-18(16,17)6-2-5-12(18)8-3-4-9(11(14)15)10(13)7-8/h3-4,7,13H,2,5-6H2,1H3,(H,14,15)(H,16,17). The van der Waals surface area contributed by atoms with Crippen LogP contribution in [0.4, 0.5) is 5.69 Å². The van der Waals surface area contributed by atoms with Gasteiger partial charge in [-0.2, -0.15) is 4.21 Å². The van der Waals surface area contributed by atoms with E-state index in [1.807, 2.05) is 0 Å². The number of rotatable bonds is 2. The fourth-order valence-electron chi connectivity index (χ4n) is 2.14. The Hall–Kier alpha value is -1.60. The van der Waals surface area contributed by atoms with Crippen LogP contribution in [0.2, 0.25) is 0 Å². The van der Waals surface area contributed by atoms with Gasteiger partial charge in [-0.25, -0.2) is 4.79 Å². The molecule has 0 spiro atoms. The van der Waals surface area contributed by atoms with Crippen molar-refractivity contribution in [2.75, 3.05) is 22.9 Å². The van der Waals surface area contributed by atoms with Crippen LogP contribution in [0.1, 0.15) is 16.8 Å². The van der Waals surface area contributed by atoms with Crippen molar-refractivity contribution >= 4 is 21.2 Å². The van der Waals surface area contributed by atoms with E-state index < -0.39 is 21.3 Å². The molecule has 0 radical (unpaired) electrons. The van der Waals surface area contributed by atoms with E-state index in [0.717, 1.165) is 0 Å². The molecule has 2 rings (SSSR count). The molecule has 0 aliphatic carbocycles. The van der Waals surface area contributed by atoms with Gasteiger partial charge in [-0.3, -0.25) is 8.86 Å². The summed E-state index contributed by atoms with van der Waals surface area (Å²) in [6, 6.07) is 3.87. The van der Waals surface area contributed by atoms with Gasteiger partial charge in [0, 0.05) is 18.9 Å². The average molecular weight is 273 g/mol. The quantitative estimate of drug-likeness (QED) is 0.750.